The molecule has 0 heterocycles. The van der Waals surface area contributed by atoms with Gasteiger partial charge in [0.05, 0.1) is 31.7 Å². The van der Waals surface area contributed by atoms with Crippen LogP contribution in [-0.4, -0.2) is 126 Å². The second kappa shape index (κ2) is 20.4. The molecule has 0 spiro atoms. The molecule has 11 nitrogen and oxygen atoms in total. The molecule has 0 radical (unpaired) electrons. The second-order valence-corrected chi connectivity index (χ2v) is 12.6. The summed E-state index contributed by atoms with van der Waals surface area (Å²) < 4.78 is 86.0. The summed E-state index contributed by atoms with van der Waals surface area (Å²) >= 11 is -2.16. The van der Waals surface area contributed by atoms with E-state index < -0.39 is 50.7 Å². The third-order valence-corrected chi connectivity index (χ3v) is 7.94. The summed E-state index contributed by atoms with van der Waals surface area (Å²) in [6.45, 7) is 0.460. The van der Waals surface area contributed by atoms with Gasteiger partial charge in [0.15, 0.2) is 0 Å². The van der Waals surface area contributed by atoms with Crippen molar-refractivity contribution >= 4 is 39.2 Å². The monoisotopic (exact) mass is 537 g/mol. The largest absolute Gasteiger partial charge is 1.00 e. The van der Waals surface area contributed by atoms with Gasteiger partial charge in [0, 0.05) is 44.2 Å². The fourth-order valence-electron chi connectivity index (χ4n) is 2.14. The van der Waals surface area contributed by atoms with E-state index in [1.165, 1.54) is 0 Å². The van der Waals surface area contributed by atoms with Gasteiger partial charge in [-0.05, 0) is 21.1 Å². The first-order chi connectivity index (χ1) is 12.2. The van der Waals surface area contributed by atoms with Crippen LogP contribution in [0.5, 0.6) is 0 Å². The van der Waals surface area contributed by atoms with Crippen LogP contribution in [0.1, 0.15) is 0 Å². The van der Waals surface area contributed by atoms with Crippen LogP contribution in [0.25, 0.3) is 0 Å². The van der Waals surface area contributed by atoms with Crippen molar-refractivity contribution < 1.29 is 123 Å². The van der Waals surface area contributed by atoms with Crippen molar-refractivity contribution in [3.63, 3.8) is 0 Å². The first-order valence-electron chi connectivity index (χ1n) is 7.89. The van der Waals surface area contributed by atoms with Gasteiger partial charge in [-0.3, -0.25) is 4.21 Å². The maximum Gasteiger partial charge on any atom is 1.00 e. The molecule has 1 unspecified atom stereocenters. The first kappa shape index (κ1) is 40.4. The van der Waals surface area contributed by atoms with Crippen LogP contribution in [0.3, 0.4) is 0 Å². The number of hydrogen-bond acceptors (Lipinski definition) is 11. The fraction of sp³-hybridized carbons (Fsp3) is 1.00. The standard InChI is InChI=1S/C12H30N3O8PS3.3Na/c1-13(4-7-25(16)17)10-24(11-14(2)5-8-26(18,19)20)12-15(3)6-9-27(21,22)23;;;/h4-12H2,1-3H3,(H,16,17)(H,18,19,20)(H,21,22,23);;;/q;3*+1/p-3. The van der Waals surface area contributed by atoms with E-state index in [2.05, 4.69) is 0 Å². The molecule has 0 amide bonds. The molecule has 0 saturated heterocycles. The van der Waals surface area contributed by atoms with E-state index in [1.54, 1.807) is 30.9 Å². The minimum Gasteiger partial charge on any atom is -0.772 e. The average Bonchev–Trinajstić information content (AvgIpc) is 2.47. The molecule has 0 aliphatic rings. The van der Waals surface area contributed by atoms with Crippen LogP contribution in [0, 0.1) is 0 Å². The number of rotatable bonds is 15. The van der Waals surface area contributed by atoms with Crippen LogP contribution in [0.2, 0.25) is 0 Å². The Bertz CT molecular complexity index is 631. The Morgan fingerprint density at radius 2 is 1.03 bits per heavy atom. The van der Waals surface area contributed by atoms with E-state index in [0.717, 1.165) is 0 Å². The molecule has 1 atom stereocenters. The van der Waals surface area contributed by atoms with Gasteiger partial charge in [-0.15, -0.1) is 0 Å². The third-order valence-electron chi connectivity index (χ3n) is 3.41. The van der Waals surface area contributed by atoms with E-state index in [9.17, 15) is 34.7 Å². The summed E-state index contributed by atoms with van der Waals surface area (Å²) in [6, 6.07) is 0. The van der Waals surface area contributed by atoms with Gasteiger partial charge < -0.3 is 28.4 Å². The molecule has 18 heteroatoms. The normalized spacial score (nSPS) is 13.1. The van der Waals surface area contributed by atoms with Crippen molar-refractivity contribution in [1.82, 2.24) is 14.7 Å². The van der Waals surface area contributed by atoms with E-state index in [1.807, 2.05) is 4.90 Å². The topological polar surface area (TPSA) is 164 Å². The molecule has 0 aromatic heterocycles. The maximum absolute atomic E-state index is 10.8. The summed E-state index contributed by atoms with van der Waals surface area (Å²) in [5.74, 6) is -1.04. The molecule has 0 rings (SSSR count). The average molecular weight is 538 g/mol. The number of nitrogens with zero attached hydrogens (tertiary/aromatic N) is 3. The summed E-state index contributed by atoms with van der Waals surface area (Å²) in [5.41, 5.74) is 0. The molecule has 164 valence electrons. The Morgan fingerprint density at radius 3 is 1.30 bits per heavy atom. The molecule has 0 aromatic carbocycles. The minimum absolute atomic E-state index is 0. The Balaban J connectivity index is -0.00000113. The molecular formula is C12H27N3Na3O8PS3. The van der Waals surface area contributed by atoms with Gasteiger partial charge in [0.2, 0.25) is 0 Å². The molecule has 0 fully saturated rings. The van der Waals surface area contributed by atoms with Gasteiger partial charge in [-0.2, -0.15) is 0 Å². The van der Waals surface area contributed by atoms with Crippen LogP contribution in [-0.2, 0) is 31.3 Å². The van der Waals surface area contributed by atoms with Crippen LogP contribution >= 0.6 is 7.92 Å². The zero-order valence-electron chi connectivity index (χ0n) is 18.6. The number of hydrogen-bond donors (Lipinski definition) is 0. The molecule has 0 aliphatic heterocycles. The quantitative estimate of drug-likeness (QED) is 0.0843. The Labute approximate surface area is 250 Å². The summed E-state index contributed by atoms with van der Waals surface area (Å²) in [7, 11) is -4.35. The fourth-order valence-corrected chi connectivity index (χ4v) is 6.41. The van der Waals surface area contributed by atoms with Crippen molar-refractivity contribution in [1.29, 1.82) is 0 Å². The summed E-state index contributed by atoms with van der Waals surface area (Å²) in [4.78, 5) is 5.25. The molecular weight excluding hydrogens is 510 g/mol. The Hall–Kier alpha value is 3.24. The van der Waals surface area contributed by atoms with Crippen LogP contribution in [0.15, 0.2) is 0 Å². The second-order valence-electron chi connectivity index (χ2n) is 6.37. The maximum atomic E-state index is 10.8. The van der Waals surface area contributed by atoms with Gasteiger partial charge >= 0.3 is 88.7 Å². The third kappa shape index (κ3) is 27.5. The van der Waals surface area contributed by atoms with E-state index in [4.69, 9.17) is 0 Å². The van der Waals surface area contributed by atoms with Crippen molar-refractivity contribution in [2.75, 3.05) is 76.9 Å². The molecule has 0 bridgehead atoms. The van der Waals surface area contributed by atoms with Gasteiger partial charge in [0.25, 0.3) is 0 Å². The van der Waals surface area contributed by atoms with Crippen LogP contribution < -0.4 is 88.7 Å². The smallest absolute Gasteiger partial charge is 0.772 e. The van der Waals surface area contributed by atoms with Crippen molar-refractivity contribution in [2.45, 2.75) is 0 Å². The van der Waals surface area contributed by atoms with Crippen LogP contribution in [0.4, 0.5) is 0 Å². The van der Waals surface area contributed by atoms with E-state index in [0.29, 0.717) is 25.4 Å². The van der Waals surface area contributed by atoms with Gasteiger partial charge in [-0.1, -0.05) is 19.0 Å². The van der Waals surface area contributed by atoms with Gasteiger partial charge in [-0.25, -0.2) is 16.8 Å². The molecule has 0 saturated carbocycles. The minimum atomic E-state index is -4.32. The summed E-state index contributed by atoms with van der Waals surface area (Å²) in [6.07, 6.45) is 1.49. The molecule has 0 N–H and O–H groups in total. The van der Waals surface area contributed by atoms with E-state index in [-0.39, 0.29) is 108 Å². The summed E-state index contributed by atoms with van der Waals surface area (Å²) in [5, 5.41) is 0. The Kier molecular flexibility index (Phi) is 27.5. The Morgan fingerprint density at radius 1 is 0.733 bits per heavy atom. The van der Waals surface area contributed by atoms with Crippen molar-refractivity contribution in [3.8, 4) is 0 Å². The van der Waals surface area contributed by atoms with Crippen molar-refractivity contribution in [3.05, 3.63) is 0 Å². The zero-order chi connectivity index (χ0) is 21.3. The zero-order valence-corrected chi connectivity index (χ0v) is 28.0. The molecule has 0 aliphatic carbocycles. The first-order valence-corrected chi connectivity index (χ1v) is 14.2. The predicted octanol–water partition coefficient (Wildman–Crippen LogP) is -10.9. The van der Waals surface area contributed by atoms with E-state index >= 15 is 0 Å². The molecule has 30 heavy (non-hydrogen) atoms. The van der Waals surface area contributed by atoms with Crippen molar-refractivity contribution in [2.24, 2.45) is 0 Å². The SMILES string of the molecule is CN(CCS(=O)[O-])CP(CN(C)CCS(=O)(=O)[O-])CN(C)CCS(=O)(=O)[O-].[Na+].[Na+].[Na+]. The van der Waals surface area contributed by atoms with Gasteiger partial charge in [0.1, 0.15) is 0 Å². The predicted molar refractivity (Wildman–Crippen MR) is 102 cm³/mol. The molecule has 0 aromatic rings.